The lowest BCUT2D eigenvalue weighted by Gasteiger charge is -2.30. The molecule has 0 aliphatic carbocycles. The Morgan fingerprint density at radius 3 is 1.74 bits per heavy atom. The van der Waals surface area contributed by atoms with Gasteiger partial charge in [-0.05, 0) is 128 Å². The topological polar surface area (TPSA) is 83.6 Å². The molecule has 0 atom stereocenters. The molecule has 246 valence electrons. The SMILES string of the molecule is Cc1cc(NC(=O)c2cc(Br)c3c4ccc5c6c(cc(Br)c(c7ccc(C=O)c2c73)c64)C(=O)N(c2cc(C)c(C)c(C)c2)C5=O)cc(C)c1C. The summed E-state index contributed by atoms with van der Waals surface area (Å²) in [6.45, 7) is 12.1. The quantitative estimate of drug-likeness (QED) is 0.0834. The monoisotopic (exact) mass is 784 g/mol. The highest BCUT2D eigenvalue weighted by Gasteiger charge is 2.37. The Bertz CT molecular complexity index is 2640. The van der Waals surface area contributed by atoms with Crippen molar-refractivity contribution in [2.75, 3.05) is 10.2 Å². The van der Waals surface area contributed by atoms with Gasteiger partial charge in [-0.1, -0.05) is 50.1 Å². The third kappa shape index (κ3) is 4.44. The van der Waals surface area contributed by atoms with Crippen LogP contribution >= 0.6 is 31.9 Å². The van der Waals surface area contributed by atoms with Crippen LogP contribution in [0, 0.1) is 41.5 Å². The Labute approximate surface area is 305 Å². The molecule has 0 aromatic heterocycles. The highest BCUT2D eigenvalue weighted by atomic mass is 79.9. The summed E-state index contributed by atoms with van der Waals surface area (Å²) in [6.07, 6.45) is 0.777. The minimum atomic E-state index is -0.394. The number of nitrogens with one attached hydrogen (secondary N) is 1. The van der Waals surface area contributed by atoms with Gasteiger partial charge < -0.3 is 5.32 Å². The molecular weight excluding hydrogens is 756 g/mol. The van der Waals surface area contributed by atoms with Gasteiger partial charge in [-0.15, -0.1) is 0 Å². The highest BCUT2D eigenvalue weighted by molar-refractivity contribution is 9.11. The fourth-order valence-electron chi connectivity index (χ4n) is 7.68. The second-order valence-corrected chi connectivity index (χ2v) is 15.1. The van der Waals surface area contributed by atoms with Crippen LogP contribution in [0.2, 0.25) is 0 Å². The fraction of sp³-hybridized carbons (Fsp3) is 0.143. The normalized spacial score (nSPS) is 13.0. The number of aryl methyl sites for hydroxylation is 4. The van der Waals surface area contributed by atoms with E-state index in [4.69, 9.17) is 0 Å². The fourth-order valence-corrected chi connectivity index (χ4v) is 8.96. The molecule has 1 aliphatic heterocycles. The van der Waals surface area contributed by atoms with Crippen molar-refractivity contribution in [3.63, 3.8) is 0 Å². The Morgan fingerprint density at radius 2 is 1.14 bits per heavy atom. The van der Waals surface area contributed by atoms with Gasteiger partial charge >= 0.3 is 0 Å². The second kappa shape index (κ2) is 11.3. The van der Waals surface area contributed by atoms with Crippen LogP contribution < -0.4 is 10.2 Å². The van der Waals surface area contributed by atoms with Crippen LogP contribution in [0.4, 0.5) is 11.4 Å². The number of benzene rings is 7. The summed E-state index contributed by atoms with van der Waals surface area (Å²) in [6, 6.07) is 18.5. The average molecular weight is 787 g/mol. The first-order valence-corrected chi connectivity index (χ1v) is 17.8. The summed E-state index contributed by atoms with van der Waals surface area (Å²) in [5, 5.41) is 8.84. The average Bonchev–Trinajstić information content (AvgIpc) is 3.08. The third-order valence-corrected chi connectivity index (χ3v) is 11.9. The maximum Gasteiger partial charge on any atom is 0.266 e. The molecule has 50 heavy (non-hydrogen) atoms. The predicted octanol–water partition coefficient (Wildman–Crippen LogP) is 11.0. The maximum absolute atomic E-state index is 14.3. The highest BCUT2D eigenvalue weighted by Crippen LogP contribution is 2.50. The molecule has 7 aromatic rings. The third-order valence-electron chi connectivity index (χ3n) is 10.6. The molecule has 8 rings (SSSR count). The van der Waals surface area contributed by atoms with Gasteiger partial charge in [-0.25, -0.2) is 4.90 Å². The van der Waals surface area contributed by atoms with Gasteiger partial charge in [0.25, 0.3) is 17.7 Å². The van der Waals surface area contributed by atoms with E-state index in [2.05, 4.69) is 44.1 Å². The van der Waals surface area contributed by atoms with E-state index >= 15 is 0 Å². The Morgan fingerprint density at radius 1 is 0.620 bits per heavy atom. The number of carbonyl (C=O) groups excluding carboxylic acids is 4. The number of halogens is 2. The van der Waals surface area contributed by atoms with Crippen LogP contribution in [0.15, 0.2) is 69.6 Å². The molecule has 0 saturated heterocycles. The second-order valence-electron chi connectivity index (χ2n) is 13.4. The van der Waals surface area contributed by atoms with Gasteiger partial charge in [-0.3, -0.25) is 19.2 Å². The first-order valence-electron chi connectivity index (χ1n) is 16.2. The molecule has 1 N–H and O–H groups in total. The molecule has 7 aromatic carbocycles. The first-order chi connectivity index (χ1) is 23.8. The van der Waals surface area contributed by atoms with Crippen molar-refractivity contribution in [3.05, 3.63) is 125 Å². The number of aldehydes is 1. The van der Waals surface area contributed by atoms with E-state index in [0.717, 1.165) is 72.0 Å². The molecule has 1 heterocycles. The molecule has 0 bridgehead atoms. The number of carbonyl (C=O) groups is 4. The van der Waals surface area contributed by atoms with E-state index in [-0.39, 0.29) is 11.8 Å². The lowest BCUT2D eigenvalue weighted by Crippen LogP contribution is -2.40. The zero-order chi connectivity index (χ0) is 35.5. The summed E-state index contributed by atoms with van der Waals surface area (Å²) < 4.78 is 1.32. The molecule has 6 nitrogen and oxygen atoms in total. The van der Waals surface area contributed by atoms with E-state index in [1.807, 2.05) is 71.0 Å². The van der Waals surface area contributed by atoms with E-state index < -0.39 is 5.91 Å². The van der Waals surface area contributed by atoms with E-state index in [0.29, 0.717) is 53.3 Å². The van der Waals surface area contributed by atoms with Crippen molar-refractivity contribution in [3.8, 4) is 0 Å². The van der Waals surface area contributed by atoms with Crippen LogP contribution in [-0.2, 0) is 0 Å². The summed E-state index contributed by atoms with van der Waals surface area (Å²) >= 11 is 7.60. The number of hydrogen-bond donors (Lipinski definition) is 1. The summed E-state index contributed by atoms with van der Waals surface area (Å²) in [4.78, 5) is 56.5. The summed E-state index contributed by atoms with van der Waals surface area (Å²) in [7, 11) is 0. The van der Waals surface area contributed by atoms with Gasteiger partial charge in [0.2, 0.25) is 0 Å². The number of rotatable bonds is 4. The van der Waals surface area contributed by atoms with Crippen molar-refractivity contribution in [1.29, 1.82) is 0 Å². The first kappa shape index (κ1) is 32.3. The van der Waals surface area contributed by atoms with Crippen molar-refractivity contribution < 1.29 is 19.2 Å². The molecular formula is C42H30Br2N2O4. The Kier molecular flexibility index (Phi) is 7.30. The molecule has 0 unspecified atom stereocenters. The van der Waals surface area contributed by atoms with Gasteiger partial charge in [0, 0.05) is 63.6 Å². The minimum Gasteiger partial charge on any atom is -0.322 e. The zero-order valence-corrected chi connectivity index (χ0v) is 31.4. The Balaban J connectivity index is 1.41. The molecule has 0 fully saturated rings. The minimum absolute atomic E-state index is 0.340. The number of fused-ring (bicyclic) bond motifs is 2. The van der Waals surface area contributed by atoms with Gasteiger partial charge in [0.05, 0.1) is 11.3 Å². The number of amides is 3. The predicted molar refractivity (Wildman–Crippen MR) is 209 cm³/mol. The van der Waals surface area contributed by atoms with Crippen molar-refractivity contribution in [1.82, 2.24) is 0 Å². The van der Waals surface area contributed by atoms with Gasteiger partial charge in [-0.2, -0.15) is 0 Å². The molecule has 0 radical (unpaired) electrons. The van der Waals surface area contributed by atoms with Gasteiger partial charge in [0.1, 0.15) is 0 Å². The molecule has 1 aliphatic rings. The number of hydrogen-bond acceptors (Lipinski definition) is 4. The summed E-state index contributed by atoms with van der Waals surface area (Å²) in [5.74, 6) is -1.12. The lowest BCUT2D eigenvalue weighted by atomic mass is 9.83. The number of imide groups is 1. The van der Waals surface area contributed by atoms with Crippen molar-refractivity contribution in [2.24, 2.45) is 0 Å². The maximum atomic E-state index is 14.3. The van der Waals surface area contributed by atoms with Crippen molar-refractivity contribution >= 4 is 110 Å². The molecule has 0 saturated carbocycles. The van der Waals surface area contributed by atoms with E-state index in [1.165, 1.54) is 4.90 Å². The zero-order valence-electron chi connectivity index (χ0n) is 28.2. The Hall–Kier alpha value is -4.92. The smallest absolute Gasteiger partial charge is 0.266 e. The van der Waals surface area contributed by atoms with E-state index in [9.17, 15) is 19.2 Å². The van der Waals surface area contributed by atoms with Crippen LogP contribution in [-0.4, -0.2) is 24.0 Å². The molecule has 8 heteroatoms. The van der Waals surface area contributed by atoms with Crippen LogP contribution in [0.3, 0.4) is 0 Å². The standard InChI is InChI=1S/C42H30Br2N2O4/c1-18-11-25(12-19(2)22(18)5)45-40(48)30-15-32(43)36-28-9-10-29-35-31(42(50)46(41(29)49)26-13-20(3)23(6)21(4)14-26)16-33(44)37(39(28)35)27-8-7-24(17-47)34(30)38(27)36/h7-17H,1-6H3,(H,45,48). The van der Waals surface area contributed by atoms with Crippen LogP contribution in [0.25, 0.3) is 43.1 Å². The van der Waals surface area contributed by atoms with Crippen LogP contribution in [0.5, 0.6) is 0 Å². The van der Waals surface area contributed by atoms with E-state index in [1.54, 1.807) is 24.3 Å². The van der Waals surface area contributed by atoms with Crippen molar-refractivity contribution in [2.45, 2.75) is 41.5 Å². The molecule has 0 spiro atoms. The number of anilines is 2. The van der Waals surface area contributed by atoms with Crippen LogP contribution in [0.1, 0.15) is 74.8 Å². The number of nitrogens with zero attached hydrogens (tertiary/aromatic N) is 1. The molecule has 3 amide bonds. The summed E-state index contributed by atoms with van der Waals surface area (Å²) in [5.41, 5.74) is 9.21. The lowest BCUT2D eigenvalue weighted by molar-refractivity contribution is 0.0892. The van der Waals surface area contributed by atoms with Gasteiger partial charge in [0.15, 0.2) is 6.29 Å². The largest absolute Gasteiger partial charge is 0.322 e.